The summed E-state index contributed by atoms with van der Waals surface area (Å²) in [5, 5.41) is 0.945. The van der Waals surface area contributed by atoms with Gasteiger partial charge in [0, 0.05) is 11.1 Å². The number of pyridine rings is 1. The van der Waals surface area contributed by atoms with Gasteiger partial charge in [0.05, 0.1) is 5.52 Å². The number of alkyl halides is 3. The molecule has 0 radical (unpaired) electrons. The maximum atomic E-state index is 12.2. The van der Waals surface area contributed by atoms with E-state index in [9.17, 15) is 13.2 Å². The van der Waals surface area contributed by atoms with Crippen LogP contribution in [0.2, 0.25) is 0 Å². The minimum atomic E-state index is -4.71. The summed E-state index contributed by atoms with van der Waals surface area (Å²) in [6.07, 6.45) is -4.71. The minimum Gasteiger partial charge on any atom is -0.457 e. The zero-order valence-electron chi connectivity index (χ0n) is 13.9. The second-order valence-corrected chi connectivity index (χ2v) is 5.82. The summed E-state index contributed by atoms with van der Waals surface area (Å²) in [6, 6.07) is 11.1. The van der Waals surface area contributed by atoms with Crippen LogP contribution in [0.5, 0.6) is 17.2 Å². The number of hydrogen-bond donors (Lipinski definition) is 0. The fourth-order valence-corrected chi connectivity index (χ4v) is 2.45. The molecule has 1 heterocycles. The summed E-state index contributed by atoms with van der Waals surface area (Å²) in [4.78, 5) is 4.55. The summed E-state index contributed by atoms with van der Waals surface area (Å²) in [5.41, 5.74) is 3.82. The standard InChI is InChI=1S/C19H16F3NO2/c1-11-8-14-10-18(12(2)9-17(14)23-13(11)3)24-15-4-6-16(7-5-15)25-19(20,21)22/h4-10H,1-3H3. The summed E-state index contributed by atoms with van der Waals surface area (Å²) in [6.45, 7) is 5.84. The molecule has 0 aliphatic heterocycles. The number of halogens is 3. The number of hydrogen-bond acceptors (Lipinski definition) is 3. The van der Waals surface area contributed by atoms with Crippen LogP contribution in [0.15, 0.2) is 42.5 Å². The van der Waals surface area contributed by atoms with Crippen molar-refractivity contribution in [1.29, 1.82) is 0 Å². The van der Waals surface area contributed by atoms with Gasteiger partial charge in [0.2, 0.25) is 0 Å². The predicted molar refractivity (Wildman–Crippen MR) is 89.2 cm³/mol. The molecule has 0 atom stereocenters. The van der Waals surface area contributed by atoms with E-state index in [0.717, 1.165) is 27.7 Å². The van der Waals surface area contributed by atoms with Crippen molar-refractivity contribution >= 4 is 10.9 Å². The molecule has 0 aliphatic carbocycles. The minimum absolute atomic E-state index is 0.287. The highest BCUT2D eigenvalue weighted by atomic mass is 19.4. The van der Waals surface area contributed by atoms with E-state index in [4.69, 9.17) is 4.74 Å². The van der Waals surface area contributed by atoms with Crippen LogP contribution >= 0.6 is 0 Å². The smallest absolute Gasteiger partial charge is 0.457 e. The Balaban J connectivity index is 1.87. The van der Waals surface area contributed by atoms with Crippen LogP contribution in [0, 0.1) is 20.8 Å². The Morgan fingerprint density at radius 1 is 0.840 bits per heavy atom. The van der Waals surface area contributed by atoms with Crippen molar-refractivity contribution in [2.24, 2.45) is 0 Å². The zero-order valence-corrected chi connectivity index (χ0v) is 13.9. The lowest BCUT2D eigenvalue weighted by atomic mass is 10.1. The van der Waals surface area contributed by atoms with Crippen LogP contribution in [0.4, 0.5) is 13.2 Å². The highest BCUT2D eigenvalue weighted by Gasteiger charge is 2.30. The second kappa shape index (κ2) is 6.27. The number of aryl methyl sites for hydroxylation is 3. The summed E-state index contributed by atoms with van der Waals surface area (Å²) < 4.78 is 46.2. The molecule has 0 fully saturated rings. The topological polar surface area (TPSA) is 31.4 Å². The number of ether oxygens (including phenoxy) is 2. The van der Waals surface area contributed by atoms with Crippen LogP contribution in [0.3, 0.4) is 0 Å². The molecular formula is C19H16F3NO2. The Morgan fingerprint density at radius 2 is 1.48 bits per heavy atom. The first-order chi connectivity index (χ1) is 11.7. The molecule has 2 aromatic carbocycles. The van der Waals surface area contributed by atoms with Gasteiger partial charge in [-0.05, 0) is 74.4 Å². The monoisotopic (exact) mass is 347 g/mol. The maximum Gasteiger partial charge on any atom is 0.573 e. The van der Waals surface area contributed by atoms with E-state index in [-0.39, 0.29) is 5.75 Å². The van der Waals surface area contributed by atoms with Crippen LogP contribution in [-0.4, -0.2) is 11.3 Å². The third-order valence-corrected chi connectivity index (χ3v) is 3.84. The fourth-order valence-electron chi connectivity index (χ4n) is 2.45. The van der Waals surface area contributed by atoms with Gasteiger partial charge >= 0.3 is 6.36 Å². The van der Waals surface area contributed by atoms with Crippen molar-refractivity contribution < 1.29 is 22.6 Å². The number of benzene rings is 2. The van der Waals surface area contributed by atoms with Crippen molar-refractivity contribution in [2.75, 3.05) is 0 Å². The fraction of sp³-hybridized carbons (Fsp3) is 0.211. The SMILES string of the molecule is Cc1cc2nc(C)c(C)cc2cc1Oc1ccc(OC(F)(F)F)cc1. The number of fused-ring (bicyclic) bond motifs is 1. The molecular weight excluding hydrogens is 331 g/mol. The molecule has 3 aromatic rings. The molecule has 25 heavy (non-hydrogen) atoms. The molecule has 0 saturated heterocycles. The van der Waals surface area contributed by atoms with Gasteiger partial charge < -0.3 is 9.47 Å². The Labute approximate surface area is 143 Å². The van der Waals surface area contributed by atoms with E-state index < -0.39 is 6.36 Å². The van der Waals surface area contributed by atoms with Crippen molar-refractivity contribution in [3.63, 3.8) is 0 Å². The van der Waals surface area contributed by atoms with Gasteiger partial charge in [0.25, 0.3) is 0 Å². The predicted octanol–water partition coefficient (Wildman–Crippen LogP) is 5.85. The average molecular weight is 347 g/mol. The molecule has 0 N–H and O–H groups in total. The van der Waals surface area contributed by atoms with E-state index in [0.29, 0.717) is 11.5 Å². The van der Waals surface area contributed by atoms with Crippen molar-refractivity contribution in [2.45, 2.75) is 27.1 Å². The van der Waals surface area contributed by atoms with Crippen LogP contribution < -0.4 is 9.47 Å². The van der Waals surface area contributed by atoms with Gasteiger partial charge in [0.15, 0.2) is 0 Å². The molecule has 0 amide bonds. The van der Waals surface area contributed by atoms with Crippen LogP contribution in [-0.2, 0) is 0 Å². The van der Waals surface area contributed by atoms with Gasteiger partial charge in [0.1, 0.15) is 17.2 Å². The molecule has 0 saturated carbocycles. The molecule has 130 valence electrons. The first kappa shape index (κ1) is 17.1. The second-order valence-electron chi connectivity index (χ2n) is 5.82. The third-order valence-electron chi connectivity index (χ3n) is 3.84. The normalized spacial score (nSPS) is 11.6. The summed E-state index contributed by atoms with van der Waals surface area (Å²) in [7, 11) is 0. The van der Waals surface area contributed by atoms with Crippen molar-refractivity contribution in [1.82, 2.24) is 4.98 Å². The number of rotatable bonds is 3. The molecule has 0 aliphatic rings. The van der Waals surface area contributed by atoms with Gasteiger partial charge in [-0.3, -0.25) is 4.98 Å². The summed E-state index contributed by atoms with van der Waals surface area (Å²) >= 11 is 0. The molecule has 0 spiro atoms. The first-order valence-electron chi connectivity index (χ1n) is 7.63. The van der Waals surface area contributed by atoms with Gasteiger partial charge in [-0.15, -0.1) is 13.2 Å². The van der Waals surface area contributed by atoms with Gasteiger partial charge in [-0.25, -0.2) is 0 Å². The Kier molecular flexibility index (Phi) is 4.29. The largest absolute Gasteiger partial charge is 0.573 e. The van der Waals surface area contributed by atoms with Crippen molar-refractivity contribution in [3.05, 3.63) is 59.3 Å². The van der Waals surface area contributed by atoms with Crippen molar-refractivity contribution in [3.8, 4) is 17.2 Å². The molecule has 0 unspecified atom stereocenters. The Morgan fingerprint density at radius 3 is 2.12 bits per heavy atom. The zero-order chi connectivity index (χ0) is 18.2. The lowest BCUT2D eigenvalue weighted by molar-refractivity contribution is -0.274. The Hall–Kier alpha value is -2.76. The first-order valence-corrected chi connectivity index (χ1v) is 7.63. The van der Waals surface area contributed by atoms with E-state index in [1.807, 2.05) is 39.0 Å². The average Bonchev–Trinajstić information content (AvgIpc) is 2.51. The number of nitrogens with zero attached hydrogens (tertiary/aromatic N) is 1. The van der Waals surface area contributed by atoms with Gasteiger partial charge in [-0.2, -0.15) is 0 Å². The molecule has 3 nitrogen and oxygen atoms in total. The Bertz CT molecular complexity index is 919. The van der Waals surface area contributed by atoms with E-state index in [1.165, 1.54) is 24.3 Å². The lowest BCUT2D eigenvalue weighted by Gasteiger charge is -2.12. The van der Waals surface area contributed by atoms with Crippen LogP contribution in [0.25, 0.3) is 10.9 Å². The third kappa shape index (κ3) is 4.02. The number of aromatic nitrogens is 1. The molecule has 6 heteroatoms. The van der Waals surface area contributed by atoms with E-state index in [1.54, 1.807) is 0 Å². The van der Waals surface area contributed by atoms with E-state index in [2.05, 4.69) is 9.72 Å². The summed E-state index contributed by atoms with van der Waals surface area (Å²) in [5.74, 6) is 0.765. The van der Waals surface area contributed by atoms with E-state index >= 15 is 0 Å². The lowest BCUT2D eigenvalue weighted by Crippen LogP contribution is -2.16. The van der Waals surface area contributed by atoms with Gasteiger partial charge in [-0.1, -0.05) is 0 Å². The molecule has 0 bridgehead atoms. The quantitative estimate of drug-likeness (QED) is 0.595. The van der Waals surface area contributed by atoms with Crippen LogP contribution in [0.1, 0.15) is 16.8 Å². The highest BCUT2D eigenvalue weighted by Crippen LogP contribution is 2.31. The maximum absolute atomic E-state index is 12.2. The molecule has 3 rings (SSSR count). The highest BCUT2D eigenvalue weighted by molar-refractivity contribution is 5.82. The molecule has 1 aromatic heterocycles.